The van der Waals surface area contributed by atoms with Crippen molar-refractivity contribution in [3.8, 4) is 11.1 Å². The van der Waals surface area contributed by atoms with Gasteiger partial charge < -0.3 is 45.6 Å². The summed E-state index contributed by atoms with van der Waals surface area (Å²) < 4.78 is 11.9. The molecule has 0 heterocycles. The summed E-state index contributed by atoms with van der Waals surface area (Å²) in [4.78, 5) is 78.9. The fourth-order valence-corrected chi connectivity index (χ4v) is 6.50. The van der Waals surface area contributed by atoms with E-state index < -0.39 is 71.6 Å². The number of benzene rings is 2. The van der Waals surface area contributed by atoms with Gasteiger partial charge in [0, 0.05) is 18.7 Å². The first kappa shape index (κ1) is 54.1. The highest BCUT2D eigenvalue weighted by molar-refractivity contribution is 5.99. The molecule has 0 aliphatic heterocycles. The minimum absolute atomic E-state index is 0.0789. The third-order valence-corrected chi connectivity index (χ3v) is 10.1. The lowest BCUT2D eigenvalue weighted by molar-refractivity contribution is -0.870. The summed E-state index contributed by atoms with van der Waals surface area (Å²) in [6.07, 6.45) is 4.50. The predicted molar refractivity (Wildman–Crippen MR) is 246 cm³/mol. The van der Waals surface area contributed by atoms with Crippen molar-refractivity contribution >= 4 is 35.7 Å². The standard InChI is InChI=1S/C48H76N6O9/c1-12-13-18-35-21-23-36(24-22-35)37-25-27-38(28-26-37)43(56)51-39(19-15-17-30-54(9,10)11)44(57)53-41(34(5)62-31-32(2)3)45(58)50-33(4)42(55)52-40(46(59)60)20-14-16-29-49-47(61)63-48(6,7)8/h21-28,32-34,39-41H,12-20,29-31H2,1-11H3,(H5-,49,50,51,52,53,55,56,57,58,59,60,61)/p+1. The van der Waals surface area contributed by atoms with Gasteiger partial charge in [0.1, 0.15) is 29.8 Å². The monoisotopic (exact) mass is 882 g/mol. The largest absolute Gasteiger partial charge is 0.480 e. The molecule has 352 valence electrons. The molecule has 0 aliphatic rings. The Kier molecular flexibility index (Phi) is 22.8. The van der Waals surface area contributed by atoms with Gasteiger partial charge in [-0.2, -0.15) is 0 Å². The maximum atomic E-state index is 14.1. The van der Waals surface area contributed by atoms with Crippen LogP contribution in [0.5, 0.6) is 0 Å². The molecule has 0 bridgehead atoms. The van der Waals surface area contributed by atoms with Gasteiger partial charge in [0.25, 0.3) is 5.91 Å². The van der Waals surface area contributed by atoms with Gasteiger partial charge in [-0.05, 0) is 121 Å². The number of amides is 5. The lowest BCUT2D eigenvalue weighted by Gasteiger charge is -2.29. The van der Waals surface area contributed by atoms with Gasteiger partial charge in [0.2, 0.25) is 17.7 Å². The van der Waals surface area contributed by atoms with Gasteiger partial charge >= 0.3 is 12.1 Å². The van der Waals surface area contributed by atoms with Gasteiger partial charge in [-0.3, -0.25) is 19.2 Å². The summed E-state index contributed by atoms with van der Waals surface area (Å²) in [6.45, 7) is 15.8. The number of nitrogens with zero attached hydrogens (tertiary/aromatic N) is 1. The lowest BCUT2D eigenvalue weighted by Crippen LogP contribution is -2.60. The summed E-state index contributed by atoms with van der Waals surface area (Å²) in [7, 11) is 6.24. The number of alkyl carbamates (subject to hydrolysis) is 1. The third-order valence-electron chi connectivity index (χ3n) is 10.1. The number of ether oxygens (including phenoxy) is 2. The van der Waals surface area contributed by atoms with Crippen molar-refractivity contribution in [2.75, 3.05) is 40.8 Å². The summed E-state index contributed by atoms with van der Waals surface area (Å²) in [5.41, 5.74) is 3.00. The van der Waals surface area contributed by atoms with Crippen LogP contribution in [-0.2, 0) is 35.1 Å². The van der Waals surface area contributed by atoms with Crippen LogP contribution in [0.1, 0.15) is 123 Å². The SMILES string of the molecule is CCCCc1ccc(-c2ccc(C(=O)NC(CCCC[N+](C)(C)C)C(=O)NC(C(=O)NC(C)C(=O)NC(CCCCNC(=O)OC(C)(C)C)C(=O)O)C(C)OCC(C)C)cc2)cc1. The van der Waals surface area contributed by atoms with E-state index in [9.17, 15) is 33.9 Å². The molecule has 5 amide bonds. The number of hydrogen-bond donors (Lipinski definition) is 6. The second-order valence-electron chi connectivity index (χ2n) is 18.9. The Labute approximate surface area is 375 Å². The molecule has 0 saturated heterocycles. The average molecular weight is 882 g/mol. The Hall–Kier alpha value is -5.02. The van der Waals surface area contributed by atoms with Crippen molar-refractivity contribution in [2.24, 2.45) is 5.92 Å². The Balaban J connectivity index is 2.20. The quantitative estimate of drug-likeness (QED) is 0.0461. The van der Waals surface area contributed by atoms with E-state index in [1.54, 1.807) is 39.8 Å². The van der Waals surface area contributed by atoms with E-state index in [1.165, 1.54) is 12.5 Å². The van der Waals surface area contributed by atoms with Crippen LogP contribution >= 0.6 is 0 Å². The van der Waals surface area contributed by atoms with Crippen LogP contribution in [0, 0.1) is 5.92 Å². The number of aliphatic carboxylic acids is 1. The molecule has 5 atom stereocenters. The second kappa shape index (κ2) is 26.6. The van der Waals surface area contributed by atoms with Crippen LogP contribution < -0.4 is 26.6 Å². The van der Waals surface area contributed by atoms with Crippen molar-refractivity contribution in [2.45, 2.75) is 149 Å². The molecular weight excluding hydrogens is 805 g/mol. The summed E-state index contributed by atoms with van der Waals surface area (Å²) in [5.74, 6) is -3.61. The summed E-state index contributed by atoms with van der Waals surface area (Å²) in [6, 6.07) is 10.9. The fraction of sp³-hybridized carbons (Fsp3) is 0.625. The molecule has 6 N–H and O–H groups in total. The van der Waals surface area contributed by atoms with Crippen LogP contribution in [-0.4, -0.2) is 122 Å². The van der Waals surface area contributed by atoms with E-state index in [2.05, 4.69) is 78.9 Å². The molecule has 0 saturated carbocycles. The molecule has 2 aromatic carbocycles. The number of aryl methyl sites for hydroxylation is 1. The fourth-order valence-electron chi connectivity index (χ4n) is 6.50. The first-order chi connectivity index (χ1) is 29.5. The number of carboxylic acids is 1. The Morgan fingerprint density at radius 1 is 0.698 bits per heavy atom. The highest BCUT2D eigenvalue weighted by Crippen LogP contribution is 2.21. The number of quaternary nitrogens is 1. The summed E-state index contributed by atoms with van der Waals surface area (Å²) in [5, 5.41) is 23.3. The molecule has 0 aromatic heterocycles. The molecule has 5 unspecified atom stereocenters. The maximum absolute atomic E-state index is 14.1. The Bertz CT molecular complexity index is 1750. The second-order valence-corrected chi connectivity index (χ2v) is 18.9. The predicted octanol–water partition coefficient (Wildman–Crippen LogP) is 5.99. The molecule has 2 aromatic rings. The number of carboxylic acid groups (broad SMARTS) is 1. The molecule has 0 fully saturated rings. The van der Waals surface area contributed by atoms with Crippen LogP contribution in [0.4, 0.5) is 4.79 Å². The number of rotatable bonds is 27. The zero-order valence-electron chi connectivity index (χ0n) is 39.7. The Morgan fingerprint density at radius 2 is 1.29 bits per heavy atom. The van der Waals surface area contributed by atoms with Crippen LogP contribution in [0.3, 0.4) is 0 Å². The van der Waals surface area contributed by atoms with E-state index in [4.69, 9.17) is 9.47 Å². The van der Waals surface area contributed by atoms with Crippen molar-refractivity contribution in [3.63, 3.8) is 0 Å². The smallest absolute Gasteiger partial charge is 0.407 e. The molecule has 15 heteroatoms. The molecule has 15 nitrogen and oxygen atoms in total. The van der Waals surface area contributed by atoms with Crippen molar-refractivity contribution in [1.82, 2.24) is 26.6 Å². The molecular formula is C48H77N6O9+. The van der Waals surface area contributed by atoms with Crippen molar-refractivity contribution < 1.29 is 47.8 Å². The number of carbonyl (C=O) groups excluding carboxylic acids is 5. The third kappa shape index (κ3) is 21.8. The molecule has 0 radical (unpaired) electrons. The van der Waals surface area contributed by atoms with E-state index in [0.29, 0.717) is 31.2 Å². The van der Waals surface area contributed by atoms with Gasteiger partial charge in [-0.15, -0.1) is 0 Å². The molecule has 2 rings (SSSR count). The van der Waals surface area contributed by atoms with Gasteiger partial charge in [0.05, 0.1) is 33.8 Å². The zero-order chi connectivity index (χ0) is 47.3. The van der Waals surface area contributed by atoms with Crippen LogP contribution in [0.2, 0.25) is 0 Å². The van der Waals surface area contributed by atoms with Crippen LogP contribution in [0.25, 0.3) is 11.1 Å². The number of nitrogens with one attached hydrogen (secondary N) is 5. The minimum Gasteiger partial charge on any atom is -0.480 e. The van der Waals surface area contributed by atoms with Gasteiger partial charge in [0.15, 0.2) is 0 Å². The maximum Gasteiger partial charge on any atom is 0.407 e. The lowest BCUT2D eigenvalue weighted by atomic mass is 10.0. The Morgan fingerprint density at radius 3 is 1.84 bits per heavy atom. The van der Waals surface area contributed by atoms with E-state index >= 15 is 0 Å². The van der Waals surface area contributed by atoms with E-state index in [0.717, 1.165) is 47.8 Å². The van der Waals surface area contributed by atoms with Crippen molar-refractivity contribution in [3.05, 3.63) is 59.7 Å². The average Bonchev–Trinajstić information content (AvgIpc) is 3.20. The highest BCUT2D eigenvalue weighted by atomic mass is 16.6. The number of carbonyl (C=O) groups is 6. The van der Waals surface area contributed by atoms with Gasteiger partial charge in [-0.25, -0.2) is 9.59 Å². The number of unbranched alkanes of at least 4 members (excludes halogenated alkanes) is 3. The normalized spacial score (nSPS) is 14.1. The first-order valence-corrected chi connectivity index (χ1v) is 22.5. The summed E-state index contributed by atoms with van der Waals surface area (Å²) >= 11 is 0. The zero-order valence-corrected chi connectivity index (χ0v) is 39.7. The van der Waals surface area contributed by atoms with E-state index in [-0.39, 0.29) is 25.5 Å². The first-order valence-electron chi connectivity index (χ1n) is 22.5. The minimum atomic E-state index is -1.27. The van der Waals surface area contributed by atoms with Crippen molar-refractivity contribution in [1.29, 1.82) is 0 Å². The van der Waals surface area contributed by atoms with E-state index in [1.807, 2.05) is 26.0 Å². The van der Waals surface area contributed by atoms with Gasteiger partial charge in [-0.1, -0.05) is 63.6 Å². The number of hydrogen-bond acceptors (Lipinski definition) is 8. The highest BCUT2D eigenvalue weighted by Gasteiger charge is 2.33. The molecule has 0 spiro atoms. The molecule has 0 aliphatic carbocycles. The van der Waals surface area contributed by atoms with Crippen LogP contribution in [0.15, 0.2) is 48.5 Å². The molecule has 63 heavy (non-hydrogen) atoms. The topological polar surface area (TPSA) is 201 Å².